The Bertz CT molecular complexity index is 834. The largest absolute Gasteiger partial charge is 0.481 e. The average Bonchev–Trinajstić information content (AvgIpc) is 3.15. The van der Waals surface area contributed by atoms with Gasteiger partial charge in [-0.15, -0.1) is 0 Å². The number of likely N-dealkylation sites (N-methyl/N-ethyl adjacent to an activating group) is 1. The van der Waals surface area contributed by atoms with E-state index < -0.39 is 6.10 Å². The number of ether oxygens (including phenoxy) is 1. The fourth-order valence-electron chi connectivity index (χ4n) is 2.54. The van der Waals surface area contributed by atoms with E-state index in [0.29, 0.717) is 24.0 Å². The number of aromatic nitrogens is 2. The maximum atomic E-state index is 12.7. The van der Waals surface area contributed by atoms with Gasteiger partial charge in [-0.25, -0.2) is 0 Å². The lowest BCUT2D eigenvalue weighted by atomic mass is 10.2. The Kier molecular flexibility index (Phi) is 5.63. The third-order valence-corrected chi connectivity index (χ3v) is 3.92. The summed E-state index contributed by atoms with van der Waals surface area (Å²) in [5.74, 6) is 1.44. The zero-order valence-corrected chi connectivity index (χ0v) is 14.8. The molecule has 6 nitrogen and oxygen atoms in total. The molecule has 0 bridgehead atoms. The summed E-state index contributed by atoms with van der Waals surface area (Å²) >= 11 is 0. The van der Waals surface area contributed by atoms with Gasteiger partial charge in [0, 0.05) is 12.1 Å². The van der Waals surface area contributed by atoms with Crippen molar-refractivity contribution in [2.75, 3.05) is 6.54 Å². The van der Waals surface area contributed by atoms with Crippen molar-refractivity contribution in [1.82, 2.24) is 15.0 Å². The maximum absolute atomic E-state index is 12.7. The molecule has 2 aromatic carbocycles. The Labute approximate surface area is 152 Å². The Morgan fingerprint density at radius 3 is 2.42 bits per heavy atom. The molecule has 26 heavy (non-hydrogen) atoms. The molecule has 0 aliphatic heterocycles. The van der Waals surface area contributed by atoms with Gasteiger partial charge in [0.1, 0.15) is 12.3 Å². The Hall–Kier alpha value is -3.15. The number of hydrogen-bond acceptors (Lipinski definition) is 5. The number of amides is 1. The van der Waals surface area contributed by atoms with E-state index in [0.717, 1.165) is 5.56 Å². The van der Waals surface area contributed by atoms with Crippen LogP contribution in [0.3, 0.4) is 0 Å². The zero-order chi connectivity index (χ0) is 18.4. The second-order valence-corrected chi connectivity index (χ2v) is 5.80. The van der Waals surface area contributed by atoms with E-state index in [1.165, 1.54) is 0 Å². The van der Waals surface area contributed by atoms with Crippen molar-refractivity contribution < 1.29 is 14.1 Å². The lowest BCUT2D eigenvalue weighted by Crippen LogP contribution is -2.40. The van der Waals surface area contributed by atoms with E-state index in [-0.39, 0.29) is 12.5 Å². The Balaban J connectivity index is 1.65. The number of para-hydroxylation sites is 1. The van der Waals surface area contributed by atoms with Crippen molar-refractivity contribution in [2.45, 2.75) is 26.5 Å². The molecule has 3 aromatic rings. The van der Waals surface area contributed by atoms with Gasteiger partial charge >= 0.3 is 0 Å². The number of nitrogens with zero attached hydrogens (tertiary/aromatic N) is 3. The summed E-state index contributed by atoms with van der Waals surface area (Å²) in [7, 11) is 0. The van der Waals surface area contributed by atoms with E-state index in [2.05, 4.69) is 10.1 Å². The molecule has 1 heterocycles. The average molecular weight is 351 g/mol. The van der Waals surface area contributed by atoms with Crippen LogP contribution in [0.4, 0.5) is 0 Å². The predicted molar refractivity (Wildman–Crippen MR) is 97.4 cm³/mol. The van der Waals surface area contributed by atoms with Crippen molar-refractivity contribution in [3.05, 3.63) is 66.6 Å². The molecule has 0 saturated carbocycles. The molecule has 0 radical (unpaired) electrons. The highest BCUT2D eigenvalue weighted by atomic mass is 16.5. The summed E-state index contributed by atoms with van der Waals surface area (Å²) in [5.41, 5.74) is 0.873. The molecule has 0 saturated heterocycles. The number of rotatable bonds is 7. The number of carbonyl (C=O) groups excluding carboxylic acids is 1. The van der Waals surface area contributed by atoms with Crippen LogP contribution in [-0.4, -0.2) is 33.6 Å². The van der Waals surface area contributed by atoms with Crippen molar-refractivity contribution in [2.24, 2.45) is 0 Å². The third-order valence-electron chi connectivity index (χ3n) is 3.92. The topological polar surface area (TPSA) is 68.5 Å². The highest BCUT2D eigenvalue weighted by Crippen LogP contribution is 2.17. The predicted octanol–water partition coefficient (Wildman–Crippen LogP) is 3.55. The van der Waals surface area contributed by atoms with E-state index >= 15 is 0 Å². The summed E-state index contributed by atoms with van der Waals surface area (Å²) in [6.45, 7) is 4.41. The van der Waals surface area contributed by atoms with Gasteiger partial charge in [-0.1, -0.05) is 53.7 Å². The highest BCUT2D eigenvalue weighted by Gasteiger charge is 2.23. The van der Waals surface area contributed by atoms with Gasteiger partial charge in [-0.05, 0) is 26.0 Å². The quantitative estimate of drug-likeness (QED) is 0.651. The smallest absolute Gasteiger partial charge is 0.263 e. The van der Waals surface area contributed by atoms with Gasteiger partial charge < -0.3 is 14.2 Å². The molecule has 0 spiro atoms. The van der Waals surface area contributed by atoms with Crippen molar-refractivity contribution in [3.8, 4) is 17.1 Å². The van der Waals surface area contributed by atoms with Gasteiger partial charge in [0.15, 0.2) is 6.10 Å². The molecule has 3 rings (SSSR count). The molecule has 1 atom stereocenters. The standard InChI is InChI=1S/C20H21N3O3/c1-3-23(20(24)15(2)25-17-12-8-5-9-13-17)14-18-21-19(22-26-18)16-10-6-4-7-11-16/h4-13,15H,3,14H2,1-2H3. The molecule has 1 amide bonds. The van der Waals surface area contributed by atoms with Crippen molar-refractivity contribution in [3.63, 3.8) is 0 Å². The third kappa shape index (κ3) is 4.27. The summed E-state index contributed by atoms with van der Waals surface area (Å²) in [6.07, 6.45) is -0.603. The Morgan fingerprint density at radius 2 is 1.77 bits per heavy atom. The Morgan fingerprint density at radius 1 is 1.12 bits per heavy atom. The van der Waals surface area contributed by atoms with Gasteiger partial charge in [0.25, 0.3) is 5.91 Å². The monoisotopic (exact) mass is 351 g/mol. The lowest BCUT2D eigenvalue weighted by molar-refractivity contribution is -0.138. The normalized spacial score (nSPS) is 11.8. The fourth-order valence-corrected chi connectivity index (χ4v) is 2.54. The molecule has 0 aliphatic carbocycles. The maximum Gasteiger partial charge on any atom is 0.263 e. The van der Waals surface area contributed by atoms with E-state index in [1.807, 2.05) is 67.6 Å². The van der Waals surface area contributed by atoms with Gasteiger partial charge in [0.2, 0.25) is 11.7 Å². The molecule has 0 aliphatic rings. The van der Waals surface area contributed by atoms with E-state index in [9.17, 15) is 4.79 Å². The summed E-state index contributed by atoms with van der Waals surface area (Å²) in [4.78, 5) is 18.7. The van der Waals surface area contributed by atoms with Crippen molar-refractivity contribution >= 4 is 5.91 Å². The van der Waals surface area contributed by atoms with Crippen LogP contribution in [0, 0.1) is 0 Å². The lowest BCUT2D eigenvalue weighted by Gasteiger charge is -2.23. The first kappa shape index (κ1) is 17.7. The first-order valence-corrected chi connectivity index (χ1v) is 8.56. The molecular formula is C20H21N3O3. The van der Waals surface area contributed by atoms with Crippen LogP contribution in [0.1, 0.15) is 19.7 Å². The van der Waals surface area contributed by atoms with Crippen LogP contribution in [0.5, 0.6) is 5.75 Å². The van der Waals surface area contributed by atoms with Crippen molar-refractivity contribution in [1.29, 1.82) is 0 Å². The first-order valence-electron chi connectivity index (χ1n) is 8.56. The number of benzene rings is 2. The SMILES string of the molecule is CCN(Cc1nc(-c2ccccc2)no1)C(=O)C(C)Oc1ccccc1. The summed E-state index contributed by atoms with van der Waals surface area (Å²) in [6, 6.07) is 18.9. The molecule has 1 unspecified atom stereocenters. The molecule has 0 fully saturated rings. The highest BCUT2D eigenvalue weighted by molar-refractivity contribution is 5.80. The first-order chi connectivity index (χ1) is 12.7. The minimum absolute atomic E-state index is 0.129. The summed E-state index contributed by atoms with van der Waals surface area (Å²) in [5, 5.41) is 3.99. The second-order valence-electron chi connectivity index (χ2n) is 5.80. The van der Waals surface area contributed by atoms with Gasteiger partial charge in [-0.3, -0.25) is 4.79 Å². The van der Waals surface area contributed by atoms with Gasteiger partial charge in [0.05, 0.1) is 0 Å². The summed E-state index contributed by atoms with van der Waals surface area (Å²) < 4.78 is 11.0. The number of carbonyl (C=O) groups is 1. The van der Waals surface area contributed by atoms with Crippen LogP contribution in [-0.2, 0) is 11.3 Å². The van der Waals surface area contributed by atoms with Crippen LogP contribution in [0.2, 0.25) is 0 Å². The molecular weight excluding hydrogens is 330 g/mol. The minimum atomic E-state index is -0.603. The molecule has 1 aromatic heterocycles. The molecule has 6 heteroatoms. The zero-order valence-electron chi connectivity index (χ0n) is 14.8. The minimum Gasteiger partial charge on any atom is -0.481 e. The van der Waals surface area contributed by atoms with Crippen LogP contribution in [0.15, 0.2) is 65.2 Å². The molecule has 0 N–H and O–H groups in total. The van der Waals surface area contributed by atoms with Crippen LogP contribution >= 0.6 is 0 Å². The second kappa shape index (κ2) is 8.29. The van der Waals surface area contributed by atoms with E-state index in [1.54, 1.807) is 11.8 Å². The number of hydrogen-bond donors (Lipinski definition) is 0. The van der Waals surface area contributed by atoms with Gasteiger partial charge in [-0.2, -0.15) is 4.98 Å². The van der Waals surface area contributed by atoms with Crippen LogP contribution < -0.4 is 4.74 Å². The fraction of sp³-hybridized carbons (Fsp3) is 0.250. The van der Waals surface area contributed by atoms with Crippen LogP contribution in [0.25, 0.3) is 11.4 Å². The molecule has 134 valence electrons. The van der Waals surface area contributed by atoms with E-state index in [4.69, 9.17) is 9.26 Å².